The Morgan fingerprint density at radius 1 is 1.62 bits per heavy atom. The van der Waals surface area contributed by atoms with Crippen molar-refractivity contribution in [2.45, 2.75) is 24.6 Å². The largest absolute Gasteiger partial charge is 0.480 e. The molecule has 16 heavy (non-hydrogen) atoms. The highest BCUT2D eigenvalue weighted by Gasteiger charge is 2.33. The van der Waals surface area contributed by atoms with Gasteiger partial charge < -0.3 is 15.7 Å². The first-order chi connectivity index (χ1) is 7.54. The van der Waals surface area contributed by atoms with Crippen LogP contribution in [0.4, 0.5) is 0 Å². The third kappa shape index (κ3) is 3.41. The highest BCUT2D eigenvalue weighted by molar-refractivity contribution is 8.00. The molecule has 3 N–H and O–H groups in total. The van der Waals surface area contributed by atoms with Crippen LogP contribution in [0.25, 0.3) is 0 Å². The van der Waals surface area contributed by atoms with E-state index in [4.69, 9.17) is 5.11 Å². The maximum Gasteiger partial charge on any atom is 0.327 e. The number of thioether (sulfide) groups is 1. The van der Waals surface area contributed by atoms with Crippen molar-refractivity contribution in [2.75, 3.05) is 12.3 Å². The number of carboxylic acid groups (broad SMARTS) is 1. The van der Waals surface area contributed by atoms with Crippen molar-refractivity contribution in [3.8, 4) is 0 Å². The minimum absolute atomic E-state index is 0.0939. The minimum atomic E-state index is -1.04. The zero-order valence-corrected chi connectivity index (χ0v) is 9.67. The SMILES string of the molecule is CCNC(=O)CC1SCC(C(=O)O)NC1=O. The minimum Gasteiger partial charge on any atom is -0.480 e. The van der Waals surface area contributed by atoms with Gasteiger partial charge in [0.25, 0.3) is 0 Å². The van der Waals surface area contributed by atoms with Crippen molar-refractivity contribution >= 4 is 29.5 Å². The van der Waals surface area contributed by atoms with Gasteiger partial charge in [-0.15, -0.1) is 11.8 Å². The molecule has 1 aliphatic rings. The second-order valence-corrected chi connectivity index (χ2v) is 4.61. The Morgan fingerprint density at radius 2 is 2.31 bits per heavy atom. The lowest BCUT2D eigenvalue weighted by Gasteiger charge is -2.25. The van der Waals surface area contributed by atoms with Gasteiger partial charge in [-0.05, 0) is 6.92 Å². The van der Waals surface area contributed by atoms with Crippen LogP contribution in [0, 0.1) is 0 Å². The van der Waals surface area contributed by atoms with Crippen LogP contribution in [0.1, 0.15) is 13.3 Å². The van der Waals surface area contributed by atoms with E-state index in [1.54, 1.807) is 6.92 Å². The van der Waals surface area contributed by atoms with Gasteiger partial charge in [0.1, 0.15) is 6.04 Å². The summed E-state index contributed by atoms with van der Waals surface area (Å²) >= 11 is 1.21. The summed E-state index contributed by atoms with van der Waals surface area (Å²) in [5.41, 5.74) is 0. The third-order valence-electron chi connectivity index (χ3n) is 2.12. The summed E-state index contributed by atoms with van der Waals surface area (Å²) in [7, 11) is 0. The number of nitrogens with one attached hydrogen (secondary N) is 2. The standard InChI is InChI=1S/C9H14N2O4S/c1-2-10-7(12)3-6-8(13)11-5(4-16-6)9(14)15/h5-6H,2-4H2,1H3,(H,10,12)(H,11,13)(H,14,15). The van der Waals surface area contributed by atoms with Crippen LogP contribution >= 0.6 is 11.8 Å². The van der Waals surface area contributed by atoms with E-state index in [0.717, 1.165) is 0 Å². The molecule has 0 aliphatic carbocycles. The molecule has 0 aromatic rings. The average molecular weight is 246 g/mol. The first-order valence-electron chi connectivity index (χ1n) is 4.96. The smallest absolute Gasteiger partial charge is 0.327 e. The fraction of sp³-hybridized carbons (Fsp3) is 0.667. The number of carbonyl (C=O) groups is 3. The summed E-state index contributed by atoms with van der Waals surface area (Å²) in [6.45, 7) is 2.32. The maximum atomic E-state index is 11.5. The zero-order chi connectivity index (χ0) is 12.1. The monoisotopic (exact) mass is 246 g/mol. The van der Waals surface area contributed by atoms with Crippen molar-refractivity contribution in [1.82, 2.24) is 10.6 Å². The van der Waals surface area contributed by atoms with E-state index in [1.165, 1.54) is 11.8 Å². The number of carboxylic acids is 1. The van der Waals surface area contributed by atoms with Gasteiger partial charge in [0, 0.05) is 18.7 Å². The van der Waals surface area contributed by atoms with Crippen molar-refractivity contribution < 1.29 is 19.5 Å². The number of hydrogen-bond acceptors (Lipinski definition) is 4. The Morgan fingerprint density at radius 3 is 2.81 bits per heavy atom. The number of rotatable bonds is 4. The first kappa shape index (κ1) is 12.8. The predicted molar refractivity (Wildman–Crippen MR) is 59.1 cm³/mol. The van der Waals surface area contributed by atoms with Crippen LogP contribution in [-0.2, 0) is 14.4 Å². The molecule has 1 fully saturated rings. The third-order valence-corrected chi connectivity index (χ3v) is 3.42. The molecule has 0 bridgehead atoms. The van der Waals surface area contributed by atoms with Crippen LogP contribution < -0.4 is 10.6 Å². The molecule has 1 heterocycles. The lowest BCUT2D eigenvalue weighted by Crippen LogP contribution is -2.51. The predicted octanol–water partition coefficient (Wildman–Crippen LogP) is -0.803. The molecule has 0 spiro atoms. The number of amides is 2. The van der Waals surface area contributed by atoms with Gasteiger partial charge in [-0.3, -0.25) is 9.59 Å². The molecule has 0 aromatic heterocycles. The molecule has 1 rings (SSSR count). The molecule has 2 atom stereocenters. The highest BCUT2D eigenvalue weighted by atomic mass is 32.2. The Bertz CT molecular complexity index is 308. The Hall–Kier alpha value is -1.24. The van der Waals surface area contributed by atoms with Gasteiger partial charge in [-0.2, -0.15) is 0 Å². The van der Waals surface area contributed by atoms with Gasteiger partial charge in [-0.25, -0.2) is 4.79 Å². The van der Waals surface area contributed by atoms with Crippen LogP contribution in [-0.4, -0.2) is 46.5 Å². The van der Waals surface area contributed by atoms with E-state index in [0.29, 0.717) is 12.3 Å². The van der Waals surface area contributed by atoms with Gasteiger partial charge in [0.05, 0.1) is 5.25 Å². The van der Waals surface area contributed by atoms with E-state index in [9.17, 15) is 14.4 Å². The van der Waals surface area contributed by atoms with Crippen molar-refractivity contribution in [3.63, 3.8) is 0 Å². The summed E-state index contributed by atoms with van der Waals surface area (Å²) in [5.74, 6) is -1.32. The molecule has 0 aromatic carbocycles. The summed E-state index contributed by atoms with van der Waals surface area (Å²) in [6, 6.07) is -0.844. The summed E-state index contributed by atoms with van der Waals surface area (Å²) < 4.78 is 0. The molecule has 0 saturated carbocycles. The summed E-state index contributed by atoms with van der Waals surface area (Å²) in [6.07, 6.45) is 0.0939. The Kier molecular flexibility index (Phi) is 4.60. The second-order valence-electron chi connectivity index (χ2n) is 3.38. The Labute approximate surface area is 97.2 Å². The average Bonchev–Trinajstić information content (AvgIpc) is 2.21. The van der Waals surface area contributed by atoms with E-state index in [-0.39, 0.29) is 18.2 Å². The second kappa shape index (κ2) is 5.74. The van der Waals surface area contributed by atoms with Crippen LogP contribution in [0.2, 0.25) is 0 Å². The number of hydrogen-bond donors (Lipinski definition) is 3. The van der Waals surface area contributed by atoms with Gasteiger partial charge in [0.15, 0.2) is 0 Å². The molecule has 90 valence electrons. The summed E-state index contributed by atoms with van der Waals surface area (Å²) in [5, 5.41) is 13.2. The zero-order valence-electron chi connectivity index (χ0n) is 8.86. The quantitative estimate of drug-likeness (QED) is 0.603. The lowest BCUT2D eigenvalue weighted by atomic mass is 10.2. The van der Waals surface area contributed by atoms with Gasteiger partial charge >= 0.3 is 5.97 Å². The number of aliphatic carboxylic acids is 1. The fourth-order valence-electron chi connectivity index (χ4n) is 1.32. The molecule has 1 saturated heterocycles. The topological polar surface area (TPSA) is 95.5 Å². The molecule has 1 aliphatic heterocycles. The molecule has 7 heteroatoms. The summed E-state index contributed by atoms with van der Waals surface area (Å²) in [4.78, 5) is 33.3. The van der Waals surface area contributed by atoms with E-state index < -0.39 is 17.3 Å². The van der Waals surface area contributed by atoms with E-state index in [1.807, 2.05) is 0 Å². The van der Waals surface area contributed by atoms with Crippen molar-refractivity contribution in [2.24, 2.45) is 0 Å². The molecule has 0 radical (unpaired) electrons. The molecular formula is C9H14N2O4S. The molecule has 6 nitrogen and oxygen atoms in total. The van der Waals surface area contributed by atoms with E-state index in [2.05, 4.69) is 10.6 Å². The Balaban J connectivity index is 2.45. The van der Waals surface area contributed by atoms with Gasteiger partial charge in [0.2, 0.25) is 11.8 Å². The molecule has 2 unspecified atom stereocenters. The van der Waals surface area contributed by atoms with Crippen LogP contribution in [0.15, 0.2) is 0 Å². The van der Waals surface area contributed by atoms with Crippen molar-refractivity contribution in [3.05, 3.63) is 0 Å². The first-order valence-corrected chi connectivity index (χ1v) is 6.01. The van der Waals surface area contributed by atoms with E-state index >= 15 is 0 Å². The van der Waals surface area contributed by atoms with Crippen LogP contribution in [0.3, 0.4) is 0 Å². The van der Waals surface area contributed by atoms with Gasteiger partial charge in [-0.1, -0.05) is 0 Å². The van der Waals surface area contributed by atoms with Crippen LogP contribution in [0.5, 0.6) is 0 Å². The fourth-order valence-corrected chi connectivity index (χ4v) is 2.46. The van der Waals surface area contributed by atoms with Crippen molar-refractivity contribution in [1.29, 1.82) is 0 Å². The highest BCUT2D eigenvalue weighted by Crippen LogP contribution is 2.20. The maximum absolute atomic E-state index is 11.5. The number of carbonyl (C=O) groups excluding carboxylic acids is 2. The molecular weight excluding hydrogens is 232 g/mol. The molecule has 2 amide bonds. The normalized spacial score (nSPS) is 24.7. The lowest BCUT2D eigenvalue weighted by molar-refractivity contribution is -0.141.